The molecule has 0 atom stereocenters. The summed E-state index contributed by atoms with van der Waals surface area (Å²) in [5, 5.41) is 0.760. The van der Waals surface area contributed by atoms with Crippen molar-refractivity contribution in [2.45, 2.75) is 250 Å². The average molecular weight is 750 g/mol. The van der Waals surface area contributed by atoms with Gasteiger partial charge in [0.05, 0.1) is 11.2 Å². The summed E-state index contributed by atoms with van der Waals surface area (Å²) in [5.74, 6) is 4.53. The Morgan fingerprint density at radius 2 is 0.700 bits per heavy atom. The predicted molar refractivity (Wildman–Crippen MR) is 245 cm³/mol. The lowest BCUT2D eigenvalue weighted by Crippen LogP contribution is -2.49. The fourth-order valence-electron chi connectivity index (χ4n) is 4.97. The zero-order valence-corrected chi connectivity index (χ0v) is 42.7. The predicted octanol–water partition coefficient (Wildman–Crippen LogP) is 14.7. The molecule has 308 valence electrons. The van der Waals surface area contributed by atoms with Crippen molar-refractivity contribution in [2.24, 2.45) is 10.8 Å². The largest absolute Gasteiger partial charge is 0.370 e. The van der Waals surface area contributed by atoms with Crippen LogP contribution in [0, 0.1) is 10.8 Å². The minimum atomic E-state index is -1.06. The second-order valence-corrected chi connectivity index (χ2v) is 32.5. The van der Waals surface area contributed by atoms with E-state index in [1.54, 1.807) is 0 Å². The quantitative estimate of drug-likeness (QED) is 0.182. The summed E-state index contributed by atoms with van der Waals surface area (Å²) in [6, 6.07) is 0. The van der Waals surface area contributed by atoms with E-state index in [9.17, 15) is 4.79 Å². The number of nitrogens with zero attached hydrogens (tertiary/aromatic N) is 1. The fraction of sp³-hybridized carbons (Fsp3) is 0.933. The van der Waals surface area contributed by atoms with E-state index in [2.05, 4.69) is 197 Å². The van der Waals surface area contributed by atoms with Crippen molar-refractivity contribution < 1.29 is 9.53 Å². The summed E-state index contributed by atoms with van der Waals surface area (Å²) < 4.78 is 6.34. The maximum Gasteiger partial charge on any atom is 0.143 e. The second kappa shape index (κ2) is 19.6. The van der Waals surface area contributed by atoms with Crippen molar-refractivity contribution >= 4 is 35.3 Å². The molecule has 0 aliphatic heterocycles. The monoisotopic (exact) mass is 750 g/mol. The Bertz CT molecular complexity index is 917. The van der Waals surface area contributed by atoms with E-state index in [1.807, 2.05) is 41.5 Å². The van der Waals surface area contributed by atoms with Crippen LogP contribution < -0.4 is 0 Å². The first-order chi connectivity index (χ1) is 20.7. The summed E-state index contributed by atoms with van der Waals surface area (Å²) >= 11 is 0. The number of hydrogen-bond acceptors (Lipinski definition) is 3. The molecule has 0 aliphatic carbocycles. The van der Waals surface area contributed by atoms with Crippen LogP contribution in [0.1, 0.15) is 208 Å². The number of ketones is 1. The van der Waals surface area contributed by atoms with Gasteiger partial charge >= 0.3 is 0 Å². The Balaban J connectivity index is -0.000000169. The van der Waals surface area contributed by atoms with Gasteiger partial charge in [0.1, 0.15) is 5.78 Å². The molecule has 0 fully saturated rings. The van der Waals surface area contributed by atoms with E-state index in [1.165, 1.54) is 0 Å². The highest BCUT2D eigenvalue weighted by atomic mass is 32.2. The van der Waals surface area contributed by atoms with Gasteiger partial charge < -0.3 is 4.74 Å². The summed E-state index contributed by atoms with van der Waals surface area (Å²) in [6.07, 6.45) is 4.42. The Labute approximate surface area is 322 Å². The summed E-state index contributed by atoms with van der Waals surface area (Å²) in [4.78, 5) is 13.9. The topological polar surface area (TPSA) is 29.5 Å². The van der Waals surface area contributed by atoms with Crippen LogP contribution in [0.3, 0.4) is 0 Å². The maximum atomic E-state index is 11.5. The lowest BCUT2D eigenvalue weighted by atomic mass is 9.76. The third kappa shape index (κ3) is 29.6. The van der Waals surface area contributed by atoms with Crippen molar-refractivity contribution in [1.29, 1.82) is 0 Å². The first-order valence-corrected chi connectivity index (χ1v) is 22.7. The highest BCUT2D eigenvalue weighted by molar-refractivity contribution is 8.16. The third-order valence-corrected chi connectivity index (χ3v) is 17.3. The second-order valence-electron chi connectivity index (χ2n) is 24.2. The molecular weight excluding hydrogens is 650 g/mol. The molecule has 0 radical (unpaired) electrons. The molecule has 0 spiro atoms. The van der Waals surface area contributed by atoms with Gasteiger partial charge in [-0.15, -0.1) is 6.89 Å². The van der Waals surface area contributed by atoms with E-state index in [0.717, 1.165) is 0 Å². The third-order valence-electron chi connectivity index (χ3n) is 8.43. The van der Waals surface area contributed by atoms with Gasteiger partial charge in [0.15, 0.2) is 0 Å². The van der Waals surface area contributed by atoms with Gasteiger partial charge in [-0.25, -0.2) is 0 Å². The van der Waals surface area contributed by atoms with Crippen LogP contribution in [0.5, 0.6) is 0 Å². The van der Waals surface area contributed by atoms with Crippen LogP contribution in [0.4, 0.5) is 0 Å². The molecule has 0 N–H and O–H groups in total. The number of Topliss-reactive ketones (excluding diaryl/α,β-unsaturated/α-hetero) is 1. The van der Waals surface area contributed by atoms with Crippen LogP contribution in [-0.2, 0) is 9.53 Å². The maximum absolute atomic E-state index is 11.5. The Hall–Kier alpha value is 0.110. The molecule has 0 aliphatic rings. The van der Waals surface area contributed by atoms with Crippen molar-refractivity contribution in [1.82, 2.24) is 4.90 Å². The standard InChI is InChI=1S/C10H23P.C9H21N.C9H18O.C9H20S.C8H18O/c1-9(2,3)11(7,8)10(4,5)6;1-8(2,3)10(7)9(4,5)6;1-8(2,3)7(10)9(4,5)6;1-8(2,3)10(7)9(4,5)6;1-7(2,3)9-8(4,5)6/h7H2,1-6,8H3;1-7H3;1-6H3;7H2,1-6H3;1-6H3. The SMILES string of the molecule is C=P(C)(C(C)(C)C)C(C)(C)C.C=S(C(C)(C)C)C(C)(C)C.CC(C)(C)C(=O)C(C)(C)C.CC(C)(C)OC(C)(C)C.CN(C(C)(C)C)C(C)(C)C. The van der Waals surface area contributed by atoms with Crippen LogP contribution in [0.25, 0.3) is 0 Å². The van der Waals surface area contributed by atoms with Gasteiger partial charge in [-0.3, -0.25) is 9.69 Å². The van der Waals surface area contributed by atoms with Crippen LogP contribution in [0.2, 0.25) is 0 Å². The van der Waals surface area contributed by atoms with E-state index in [0.29, 0.717) is 25.6 Å². The molecule has 0 aromatic carbocycles. The molecular formula is C45H100NO2PS. The van der Waals surface area contributed by atoms with E-state index >= 15 is 0 Å². The highest BCUT2D eigenvalue weighted by Gasteiger charge is 2.35. The fourth-order valence-corrected chi connectivity index (χ4v) is 8.82. The lowest BCUT2D eigenvalue weighted by Gasteiger charge is -2.44. The molecule has 0 amide bonds. The molecule has 3 nitrogen and oxygen atoms in total. The number of rotatable bonds is 0. The molecule has 50 heavy (non-hydrogen) atoms. The Morgan fingerprint density at radius 3 is 0.700 bits per heavy atom. The van der Waals surface area contributed by atoms with Gasteiger partial charge in [0, 0.05) is 31.4 Å². The average Bonchev–Trinajstić information content (AvgIpc) is 2.71. The smallest absolute Gasteiger partial charge is 0.143 e. The van der Waals surface area contributed by atoms with Crippen molar-refractivity contribution in [3.63, 3.8) is 0 Å². The molecule has 0 saturated carbocycles. The highest BCUT2D eigenvalue weighted by Crippen LogP contribution is 2.63. The first-order valence-electron chi connectivity index (χ1n) is 18.9. The van der Waals surface area contributed by atoms with Crippen LogP contribution in [-0.4, -0.2) is 78.7 Å². The number of carbonyl (C=O) groups excluding carboxylic acids is 1. The Morgan fingerprint density at radius 1 is 0.500 bits per heavy atom. The van der Waals surface area contributed by atoms with Crippen molar-refractivity contribution in [2.75, 3.05) is 13.7 Å². The van der Waals surface area contributed by atoms with Gasteiger partial charge in [-0.2, -0.15) is 10.5 Å². The molecule has 0 bridgehead atoms. The Kier molecular flexibility index (Phi) is 23.3. The van der Waals surface area contributed by atoms with Gasteiger partial charge in [-0.05, 0) is 107 Å². The zero-order chi connectivity index (χ0) is 42.9. The minimum absolute atomic E-state index is 0.0156. The number of carbonyl (C=O) groups is 1. The molecule has 5 heteroatoms. The van der Waals surface area contributed by atoms with Crippen LogP contribution >= 0.6 is 17.4 Å². The van der Waals surface area contributed by atoms with Gasteiger partial charge in [0.2, 0.25) is 0 Å². The van der Waals surface area contributed by atoms with Crippen LogP contribution in [0.15, 0.2) is 0 Å². The molecule has 0 aromatic heterocycles. The summed E-state index contributed by atoms with van der Waals surface area (Å²) in [7, 11) is 2.41. The number of hydrogen-bond donors (Lipinski definition) is 0. The molecule has 0 aromatic rings. The van der Waals surface area contributed by atoms with Crippen molar-refractivity contribution in [3.05, 3.63) is 0 Å². The van der Waals surface area contributed by atoms with E-state index < -0.39 is 6.89 Å². The van der Waals surface area contributed by atoms with E-state index in [-0.39, 0.29) is 43.6 Å². The van der Waals surface area contributed by atoms with Gasteiger partial charge in [0.25, 0.3) is 0 Å². The molecule has 0 unspecified atom stereocenters. The summed E-state index contributed by atoms with van der Waals surface area (Å²) in [5.41, 5.74) is 0.128. The molecule has 0 heterocycles. The lowest BCUT2D eigenvalue weighted by molar-refractivity contribution is -0.134. The molecule has 0 saturated heterocycles. The summed E-state index contributed by atoms with van der Waals surface area (Å²) in [6.45, 7) is 66.2. The minimum Gasteiger partial charge on any atom is -0.370 e. The normalized spacial score (nSPS) is 14.3. The number of ether oxygens (including phenoxy) is 1. The van der Waals surface area contributed by atoms with Crippen molar-refractivity contribution in [3.8, 4) is 0 Å². The zero-order valence-electron chi connectivity index (χ0n) is 41.0. The first kappa shape index (κ1) is 59.4. The van der Waals surface area contributed by atoms with E-state index in [4.69, 9.17) is 4.74 Å². The van der Waals surface area contributed by atoms with Gasteiger partial charge in [-0.1, -0.05) is 137 Å². The molecule has 0 rings (SSSR count).